The normalized spacial score (nSPS) is 15.1. The van der Waals surface area contributed by atoms with E-state index in [1.54, 1.807) is 0 Å². The molecule has 88 valence electrons. The van der Waals surface area contributed by atoms with Crippen molar-refractivity contribution >= 4 is 5.91 Å². The van der Waals surface area contributed by atoms with Crippen molar-refractivity contribution in [1.29, 1.82) is 0 Å². The summed E-state index contributed by atoms with van der Waals surface area (Å²) in [5.74, 6) is 0.511. The zero-order chi connectivity index (χ0) is 11.4. The summed E-state index contributed by atoms with van der Waals surface area (Å²) in [5, 5.41) is 13.0. The topological polar surface area (TPSA) is 69.8 Å². The zero-order valence-corrected chi connectivity index (χ0v) is 9.55. The molecule has 1 saturated carbocycles. The SMILES string of the molecule is Cc1[nH]ncc1CNCCNC(=O)C1CC1. The van der Waals surface area contributed by atoms with E-state index in [0.717, 1.165) is 31.6 Å². The number of hydrogen-bond acceptors (Lipinski definition) is 3. The first kappa shape index (κ1) is 11.1. The molecule has 0 saturated heterocycles. The fourth-order valence-corrected chi connectivity index (χ4v) is 1.54. The van der Waals surface area contributed by atoms with Gasteiger partial charge in [-0.15, -0.1) is 0 Å². The van der Waals surface area contributed by atoms with Crippen LogP contribution in [0.4, 0.5) is 0 Å². The number of carbonyl (C=O) groups is 1. The number of H-pyrrole nitrogens is 1. The standard InChI is InChI=1S/C11H18N4O/c1-8-10(7-14-15-8)6-12-4-5-13-11(16)9-2-3-9/h7,9,12H,2-6H2,1H3,(H,13,16)(H,14,15). The number of rotatable bonds is 6. The van der Waals surface area contributed by atoms with Gasteiger partial charge in [0.15, 0.2) is 0 Å². The van der Waals surface area contributed by atoms with Gasteiger partial charge in [0, 0.05) is 36.8 Å². The minimum atomic E-state index is 0.210. The molecular formula is C11H18N4O. The largest absolute Gasteiger partial charge is 0.355 e. The minimum Gasteiger partial charge on any atom is -0.355 e. The summed E-state index contributed by atoms with van der Waals surface area (Å²) in [5.41, 5.74) is 2.27. The van der Waals surface area contributed by atoms with Crippen molar-refractivity contribution < 1.29 is 4.79 Å². The van der Waals surface area contributed by atoms with Crippen LogP contribution in [-0.2, 0) is 11.3 Å². The highest BCUT2D eigenvalue weighted by Crippen LogP contribution is 2.28. The molecule has 1 aromatic heterocycles. The summed E-state index contributed by atoms with van der Waals surface area (Å²) in [6.45, 7) is 4.29. The lowest BCUT2D eigenvalue weighted by Crippen LogP contribution is -2.32. The van der Waals surface area contributed by atoms with Crippen molar-refractivity contribution in [1.82, 2.24) is 20.8 Å². The van der Waals surface area contributed by atoms with Crippen molar-refractivity contribution in [2.45, 2.75) is 26.3 Å². The number of nitrogens with zero attached hydrogens (tertiary/aromatic N) is 1. The average molecular weight is 222 g/mol. The molecule has 1 aliphatic rings. The average Bonchev–Trinajstić information content (AvgIpc) is 3.04. The summed E-state index contributed by atoms with van der Waals surface area (Å²) in [6, 6.07) is 0. The van der Waals surface area contributed by atoms with Gasteiger partial charge in [-0.05, 0) is 19.8 Å². The first-order valence-electron chi connectivity index (χ1n) is 5.74. The van der Waals surface area contributed by atoms with Gasteiger partial charge in [0.25, 0.3) is 0 Å². The van der Waals surface area contributed by atoms with Crippen LogP contribution in [0.3, 0.4) is 0 Å². The van der Waals surface area contributed by atoms with Gasteiger partial charge in [0.1, 0.15) is 0 Å². The van der Waals surface area contributed by atoms with Crippen LogP contribution in [0.25, 0.3) is 0 Å². The summed E-state index contributed by atoms with van der Waals surface area (Å²) in [4.78, 5) is 11.3. The molecule has 0 bridgehead atoms. The van der Waals surface area contributed by atoms with Crippen LogP contribution in [0, 0.1) is 12.8 Å². The maximum Gasteiger partial charge on any atom is 0.223 e. The van der Waals surface area contributed by atoms with E-state index in [2.05, 4.69) is 20.8 Å². The van der Waals surface area contributed by atoms with Crippen LogP contribution < -0.4 is 10.6 Å². The summed E-state index contributed by atoms with van der Waals surface area (Å²) in [6.07, 6.45) is 3.95. The van der Waals surface area contributed by atoms with Crippen molar-refractivity contribution in [3.05, 3.63) is 17.5 Å². The number of aryl methyl sites for hydroxylation is 1. The van der Waals surface area contributed by atoms with Gasteiger partial charge in [-0.2, -0.15) is 5.10 Å². The minimum absolute atomic E-state index is 0.210. The molecule has 1 heterocycles. The van der Waals surface area contributed by atoms with Crippen molar-refractivity contribution in [2.24, 2.45) is 5.92 Å². The molecule has 16 heavy (non-hydrogen) atoms. The third-order valence-electron chi connectivity index (χ3n) is 2.80. The molecule has 0 spiro atoms. The van der Waals surface area contributed by atoms with E-state index in [-0.39, 0.29) is 5.91 Å². The van der Waals surface area contributed by atoms with Gasteiger partial charge in [0.2, 0.25) is 5.91 Å². The number of aromatic nitrogens is 2. The molecule has 0 radical (unpaired) electrons. The highest BCUT2D eigenvalue weighted by atomic mass is 16.2. The predicted octanol–water partition coefficient (Wildman–Crippen LogP) is 0.334. The first-order chi connectivity index (χ1) is 7.77. The number of amides is 1. The Labute approximate surface area is 95.0 Å². The number of nitrogens with one attached hydrogen (secondary N) is 3. The van der Waals surface area contributed by atoms with Crippen LogP contribution in [0.5, 0.6) is 0 Å². The van der Waals surface area contributed by atoms with Crippen LogP contribution >= 0.6 is 0 Å². The number of carbonyl (C=O) groups excluding carboxylic acids is 1. The molecule has 1 aliphatic carbocycles. The molecule has 0 aromatic carbocycles. The van der Waals surface area contributed by atoms with Crippen LogP contribution in [0.15, 0.2) is 6.20 Å². The molecule has 3 N–H and O–H groups in total. The molecule has 2 rings (SSSR count). The summed E-state index contributed by atoms with van der Waals surface area (Å²) < 4.78 is 0. The van der Waals surface area contributed by atoms with Crippen LogP contribution in [0.1, 0.15) is 24.1 Å². The predicted molar refractivity (Wildman–Crippen MR) is 60.8 cm³/mol. The van der Waals surface area contributed by atoms with Gasteiger partial charge >= 0.3 is 0 Å². The maximum absolute atomic E-state index is 11.3. The Morgan fingerprint density at radius 1 is 1.56 bits per heavy atom. The Bertz CT molecular complexity index is 357. The van der Waals surface area contributed by atoms with Crippen molar-refractivity contribution in [3.8, 4) is 0 Å². The molecule has 1 aromatic rings. The molecular weight excluding hydrogens is 204 g/mol. The zero-order valence-electron chi connectivity index (χ0n) is 9.55. The third kappa shape index (κ3) is 3.06. The third-order valence-corrected chi connectivity index (χ3v) is 2.80. The first-order valence-corrected chi connectivity index (χ1v) is 5.74. The van der Waals surface area contributed by atoms with Crippen molar-refractivity contribution in [2.75, 3.05) is 13.1 Å². The van der Waals surface area contributed by atoms with E-state index in [9.17, 15) is 4.79 Å². The Hall–Kier alpha value is -1.36. The Balaban J connectivity index is 1.55. The Morgan fingerprint density at radius 2 is 2.38 bits per heavy atom. The van der Waals surface area contributed by atoms with Gasteiger partial charge in [0.05, 0.1) is 6.20 Å². The Morgan fingerprint density at radius 3 is 3.00 bits per heavy atom. The summed E-state index contributed by atoms with van der Waals surface area (Å²) in [7, 11) is 0. The lowest BCUT2D eigenvalue weighted by atomic mass is 10.2. The second-order valence-electron chi connectivity index (χ2n) is 4.26. The quantitative estimate of drug-likeness (QED) is 0.608. The molecule has 1 fully saturated rings. The molecule has 0 aliphatic heterocycles. The number of aromatic amines is 1. The van der Waals surface area contributed by atoms with Gasteiger partial charge < -0.3 is 10.6 Å². The van der Waals surface area contributed by atoms with E-state index in [1.165, 1.54) is 5.56 Å². The van der Waals surface area contributed by atoms with Gasteiger partial charge in [-0.1, -0.05) is 0 Å². The second-order valence-corrected chi connectivity index (χ2v) is 4.26. The van der Waals surface area contributed by atoms with E-state index >= 15 is 0 Å². The fourth-order valence-electron chi connectivity index (χ4n) is 1.54. The van der Waals surface area contributed by atoms with Crippen LogP contribution in [0.2, 0.25) is 0 Å². The highest BCUT2D eigenvalue weighted by molar-refractivity contribution is 5.80. The monoisotopic (exact) mass is 222 g/mol. The lowest BCUT2D eigenvalue weighted by molar-refractivity contribution is -0.122. The van der Waals surface area contributed by atoms with Crippen LogP contribution in [-0.4, -0.2) is 29.2 Å². The smallest absolute Gasteiger partial charge is 0.223 e. The maximum atomic E-state index is 11.3. The van der Waals surface area contributed by atoms with Gasteiger partial charge in [-0.25, -0.2) is 0 Å². The van der Waals surface area contributed by atoms with E-state index < -0.39 is 0 Å². The van der Waals surface area contributed by atoms with E-state index in [0.29, 0.717) is 12.5 Å². The van der Waals surface area contributed by atoms with E-state index in [4.69, 9.17) is 0 Å². The molecule has 0 unspecified atom stereocenters. The van der Waals surface area contributed by atoms with E-state index in [1.807, 2.05) is 13.1 Å². The highest BCUT2D eigenvalue weighted by Gasteiger charge is 2.28. The fraction of sp³-hybridized carbons (Fsp3) is 0.636. The lowest BCUT2D eigenvalue weighted by Gasteiger charge is -2.05. The second kappa shape index (κ2) is 5.12. The molecule has 5 heteroatoms. The molecule has 0 atom stereocenters. The molecule has 5 nitrogen and oxygen atoms in total. The van der Waals surface area contributed by atoms with Crippen molar-refractivity contribution in [3.63, 3.8) is 0 Å². The number of hydrogen-bond donors (Lipinski definition) is 3. The Kier molecular flexibility index (Phi) is 3.56. The summed E-state index contributed by atoms with van der Waals surface area (Å²) >= 11 is 0. The molecule has 1 amide bonds. The van der Waals surface area contributed by atoms with Gasteiger partial charge in [-0.3, -0.25) is 9.89 Å².